The van der Waals surface area contributed by atoms with Crippen molar-refractivity contribution in [3.05, 3.63) is 75.6 Å². The van der Waals surface area contributed by atoms with Crippen molar-refractivity contribution in [2.75, 3.05) is 13.1 Å². The molecular formula is C38H50F2N4O. The lowest BCUT2D eigenvalue weighted by Gasteiger charge is -2.36. The summed E-state index contributed by atoms with van der Waals surface area (Å²) in [5.41, 5.74) is 6.05. The van der Waals surface area contributed by atoms with Crippen LogP contribution in [-0.4, -0.2) is 39.4 Å². The number of amides is 1. The maximum Gasteiger partial charge on any atom is 0.272 e. The smallest absolute Gasteiger partial charge is 0.272 e. The Labute approximate surface area is 267 Å². The second kappa shape index (κ2) is 14.4. The monoisotopic (exact) mass is 616 g/mol. The zero-order valence-electron chi connectivity index (χ0n) is 28.1. The standard InChI is InChI=1S/C38H50F2N4O/c1-7-10-12-27-16-17-29(21-32(27)39)34-22-28(15-14-26-19-31-35(9-3)43(6)42-37(31)33(40)20-26)25(5)36(41-34)38(45)44-18-11-13-30(23-44)24(4)8-2/h16-17,19-21,24,28,30H,7-15,18,22-23H2,1-6H3/t24?,28?,30-/m0/s1. The number of hydrogen-bond donors (Lipinski definition) is 0. The number of aryl methyl sites for hydroxylation is 4. The van der Waals surface area contributed by atoms with Crippen molar-refractivity contribution in [3.63, 3.8) is 0 Å². The number of aliphatic imine (C=N–C) groups is 1. The van der Waals surface area contributed by atoms with E-state index in [2.05, 4.69) is 38.9 Å². The number of hydrogen-bond acceptors (Lipinski definition) is 3. The molecule has 0 aliphatic carbocycles. The van der Waals surface area contributed by atoms with Gasteiger partial charge in [-0.1, -0.05) is 52.7 Å². The Morgan fingerprint density at radius 3 is 2.60 bits per heavy atom. The molecule has 5 rings (SSSR count). The fourth-order valence-electron chi connectivity index (χ4n) is 7.27. The average Bonchev–Trinajstić information content (AvgIpc) is 3.38. The number of unbranched alkanes of at least 4 members (excludes halogenated alkanes) is 1. The van der Waals surface area contributed by atoms with Crippen LogP contribution in [0.5, 0.6) is 0 Å². The topological polar surface area (TPSA) is 50.5 Å². The third kappa shape index (κ3) is 7.07. The molecule has 1 fully saturated rings. The summed E-state index contributed by atoms with van der Waals surface area (Å²) in [4.78, 5) is 21.1. The number of fused-ring (bicyclic) bond motifs is 1. The molecule has 242 valence electrons. The van der Waals surface area contributed by atoms with Gasteiger partial charge in [0.25, 0.3) is 5.91 Å². The van der Waals surface area contributed by atoms with Gasteiger partial charge in [-0.25, -0.2) is 13.8 Å². The number of piperidine rings is 1. The molecule has 0 saturated carbocycles. The lowest BCUT2D eigenvalue weighted by atomic mass is 9.82. The normalized spacial score (nSPS) is 19.7. The molecule has 45 heavy (non-hydrogen) atoms. The maximum absolute atomic E-state index is 15.2. The van der Waals surface area contributed by atoms with E-state index in [9.17, 15) is 4.79 Å². The molecule has 0 spiro atoms. The highest BCUT2D eigenvalue weighted by molar-refractivity contribution is 6.06. The van der Waals surface area contributed by atoms with Gasteiger partial charge >= 0.3 is 0 Å². The molecule has 1 amide bonds. The highest BCUT2D eigenvalue weighted by Gasteiger charge is 2.33. The summed E-state index contributed by atoms with van der Waals surface area (Å²) in [6, 6.07) is 9.11. The molecule has 2 aromatic carbocycles. The molecule has 1 saturated heterocycles. The maximum atomic E-state index is 15.2. The molecule has 7 heteroatoms. The second-order valence-corrected chi connectivity index (χ2v) is 13.4. The van der Waals surface area contributed by atoms with E-state index in [0.717, 1.165) is 97.1 Å². The van der Waals surface area contributed by atoms with Gasteiger partial charge in [0.2, 0.25) is 0 Å². The summed E-state index contributed by atoms with van der Waals surface area (Å²) < 4.78 is 32.1. The Bertz CT molecular complexity index is 1600. The minimum absolute atomic E-state index is 0.0156. The summed E-state index contributed by atoms with van der Waals surface area (Å²) in [6.07, 6.45) is 8.70. The average molecular weight is 617 g/mol. The van der Waals surface area contributed by atoms with Gasteiger partial charge in [0.1, 0.15) is 17.0 Å². The van der Waals surface area contributed by atoms with Crippen molar-refractivity contribution in [2.45, 2.75) is 98.8 Å². The molecule has 3 atom stereocenters. The fourth-order valence-corrected chi connectivity index (χ4v) is 7.27. The van der Waals surface area contributed by atoms with E-state index in [1.807, 2.05) is 31.0 Å². The van der Waals surface area contributed by atoms with E-state index in [4.69, 9.17) is 4.99 Å². The van der Waals surface area contributed by atoms with Gasteiger partial charge in [-0.2, -0.15) is 5.10 Å². The molecule has 1 aromatic heterocycles. The van der Waals surface area contributed by atoms with Gasteiger partial charge in [-0.3, -0.25) is 9.48 Å². The van der Waals surface area contributed by atoms with E-state index in [1.165, 1.54) is 0 Å². The van der Waals surface area contributed by atoms with Crippen molar-refractivity contribution >= 4 is 22.5 Å². The van der Waals surface area contributed by atoms with Crippen LogP contribution in [0, 0.1) is 29.4 Å². The highest BCUT2D eigenvalue weighted by atomic mass is 19.1. The Hall–Kier alpha value is -3.35. The number of benzene rings is 2. The van der Waals surface area contributed by atoms with Crippen molar-refractivity contribution < 1.29 is 13.6 Å². The summed E-state index contributed by atoms with van der Waals surface area (Å²) >= 11 is 0. The number of aromatic nitrogens is 2. The van der Waals surface area contributed by atoms with Crippen molar-refractivity contribution in [1.29, 1.82) is 0 Å². The van der Waals surface area contributed by atoms with Crippen LogP contribution < -0.4 is 0 Å². The summed E-state index contributed by atoms with van der Waals surface area (Å²) in [6.45, 7) is 12.2. The molecule has 2 aliphatic rings. The largest absolute Gasteiger partial charge is 0.337 e. The highest BCUT2D eigenvalue weighted by Crippen LogP contribution is 2.35. The van der Waals surface area contributed by atoms with Gasteiger partial charge < -0.3 is 4.90 Å². The number of allylic oxidation sites excluding steroid dienone is 1. The third-order valence-electron chi connectivity index (χ3n) is 10.4. The van der Waals surface area contributed by atoms with Gasteiger partial charge in [-0.05, 0) is 117 Å². The van der Waals surface area contributed by atoms with Crippen molar-refractivity contribution in [1.82, 2.24) is 14.7 Å². The Morgan fingerprint density at radius 1 is 1.09 bits per heavy atom. The Balaban J connectivity index is 1.46. The second-order valence-electron chi connectivity index (χ2n) is 13.4. The van der Waals surface area contributed by atoms with E-state index >= 15 is 8.78 Å². The van der Waals surface area contributed by atoms with Crippen LogP contribution in [0.3, 0.4) is 0 Å². The van der Waals surface area contributed by atoms with Gasteiger partial charge in [-0.15, -0.1) is 0 Å². The van der Waals surface area contributed by atoms with Crippen LogP contribution in [0.1, 0.15) is 102 Å². The molecule has 2 unspecified atom stereocenters. The predicted octanol–water partition coefficient (Wildman–Crippen LogP) is 8.76. The fraction of sp³-hybridized carbons (Fsp3) is 0.553. The van der Waals surface area contributed by atoms with E-state index in [0.29, 0.717) is 42.3 Å². The third-order valence-corrected chi connectivity index (χ3v) is 10.4. The first-order valence-corrected chi connectivity index (χ1v) is 17.1. The summed E-state index contributed by atoms with van der Waals surface area (Å²) in [7, 11) is 1.86. The van der Waals surface area contributed by atoms with Gasteiger partial charge in [0, 0.05) is 36.9 Å². The van der Waals surface area contributed by atoms with E-state index in [1.54, 1.807) is 16.8 Å². The van der Waals surface area contributed by atoms with E-state index < -0.39 is 0 Å². The summed E-state index contributed by atoms with van der Waals surface area (Å²) in [5, 5.41) is 5.27. The molecule has 0 N–H and O–H groups in total. The van der Waals surface area contributed by atoms with Crippen LogP contribution in [-0.2, 0) is 31.1 Å². The number of halogens is 2. The molecule has 0 bridgehead atoms. The molecular weight excluding hydrogens is 566 g/mol. The molecule has 5 nitrogen and oxygen atoms in total. The number of likely N-dealkylation sites (tertiary alicyclic amines) is 1. The lowest BCUT2D eigenvalue weighted by Crippen LogP contribution is -2.43. The van der Waals surface area contributed by atoms with Crippen LogP contribution in [0.25, 0.3) is 10.9 Å². The minimum Gasteiger partial charge on any atom is -0.337 e. The first-order chi connectivity index (χ1) is 21.6. The molecule has 3 heterocycles. The molecule has 3 aromatic rings. The molecule has 0 radical (unpaired) electrons. The first kappa shape index (κ1) is 33.0. The number of carbonyl (C=O) groups excluding carboxylic acids is 1. The number of carbonyl (C=O) groups is 1. The minimum atomic E-state index is -0.300. The zero-order valence-corrected chi connectivity index (χ0v) is 28.1. The Morgan fingerprint density at radius 2 is 1.89 bits per heavy atom. The predicted molar refractivity (Wildman–Crippen MR) is 179 cm³/mol. The van der Waals surface area contributed by atoms with Crippen LogP contribution in [0.15, 0.2) is 46.6 Å². The van der Waals surface area contributed by atoms with Gasteiger partial charge in [0.15, 0.2) is 5.82 Å². The Kier molecular flexibility index (Phi) is 10.6. The van der Waals surface area contributed by atoms with Crippen molar-refractivity contribution in [2.24, 2.45) is 29.8 Å². The zero-order chi connectivity index (χ0) is 32.2. The number of nitrogens with zero attached hydrogens (tertiary/aromatic N) is 4. The van der Waals surface area contributed by atoms with Crippen LogP contribution in [0.2, 0.25) is 0 Å². The summed E-state index contributed by atoms with van der Waals surface area (Å²) in [5.74, 6) is 0.566. The van der Waals surface area contributed by atoms with Gasteiger partial charge in [0.05, 0.1) is 0 Å². The quantitative estimate of drug-likeness (QED) is 0.216. The van der Waals surface area contributed by atoms with Crippen LogP contribution >= 0.6 is 0 Å². The van der Waals surface area contributed by atoms with E-state index in [-0.39, 0.29) is 23.5 Å². The number of rotatable bonds is 11. The molecule has 2 aliphatic heterocycles. The first-order valence-electron chi connectivity index (χ1n) is 17.1. The van der Waals surface area contributed by atoms with Crippen molar-refractivity contribution in [3.8, 4) is 0 Å². The van der Waals surface area contributed by atoms with Crippen LogP contribution in [0.4, 0.5) is 8.78 Å². The lowest BCUT2D eigenvalue weighted by molar-refractivity contribution is -0.129. The SMILES string of the molecule is CCCCc1ccc(C2=NC(C(=O)N3CCC[C@H](C(C)CC)C3)=C(C)C(CCc3cc(F)c4nn(C)c(CC)c4c3)C2)cc1F.